The fourth-order valence-corrected chi connectivity index (χ4v) is 2.40. The van der Waals surface area contributed by atoms with Gasteiger partial charge in [-0.1, -0.05) is 34.4 Å². The molecule has 1 aromatic carbocycles. The van der Waals surface area contributed by atoms with E-state index in [1.807, 2.05) is 43.3 Å². The van der Waals surface area contributed by atoms with Crippen molar-refractivity contribution in [3.63, 3.8) is 0 Å². The third kappa shape index (κ3) is 6.48. The highest BCUT2D eigenvalue weighted by atomic mass is 127. The second kappa shape index (κ2) is 10.3. The largest absolute Gasteiger partial charge is 0.494 e. The molecule has 2 rings (SSSR count). The molecule has 2 aromatic rings. The van der Waals surface area contributed by atoms with Crippen LogP contribution in [0.4, 0.5) is 0 Å². The number of nitrogens with two attached hydrogens (primary N) is 1. The Bertz CT molecular complexity index is 705. The quantitative estimate of drug-likeness (QED) is 0.231. The van der Waals surface area contributed by atoms with Gasteiger partial charge in [0.05, 0.1) is 12.3 Å². The standard InChI is InChI=1S/C19H22IN3O/c1-15-11-17(12-18(23-15)13-22-14-20)4-3-16-5-7-19(8-6-16)24-10-2-9-21/h5-8,11-12,22H,2,9-10,13-14,21H2,1H3. The predicted octanol–water partition coefficient (Wildman–Crippen LogP) is 3.00. The van der Waals surface area contributed by atoms with Crippen molar-refractivity contribution in [3.05, 3.63) is 58.9 Å². The van der Waals surface area contributed by atoms with Gasteiger partial charge in [0.2, 0.25) is 0 Å². The summed E-state index contributed by atoms with van der Waals surface area (Å²) < 4.78 is 6.49. The van der Waals surface area contributed by atoms with Crippen LogP contribution in [0.2, 0.25) is 0 Å². The Morgan fingerprint density at radius 2 is 1.92 bits per heavy atom. The van der Waals surface area contributed by atoms with E-state index in [1.54, 1.807) is 0 Å². The zero-order chi connectivity index (χ0) is 17.2. The summed E-state index contributed by atoms with van der Waals surface area (Å²) in [6.07, 6.45) is 0.859. The fourth-order valence-electron chi connectivity index (χ4n) is 2.13. The first-order valence-electron chi connectivity index (χ1n) is 7.90. The number of hydrogen-bond donors (Lipinski definition) is 2. The Kier molecular flexibility index (Phi) is 8.02. The lowest BCUT2D eigenvalue weighted by Crippen LogP contribution is -2.11. The third-order valence-electron chi connectivity index (χ3n) is 3.23. The van der Waals surface area contributed by atoms with E-state index in [-0.39, 0.29) is 0 Å². The Balaban J connectivity index is 2.04. The van der Waals surface area contributed by atoms with E-state index in [9.17, 15) is 0 Å². The average molecular weight is 435 g/mol. The Morgan fingerprint density at radius 3 is 2.62 bits per heavy atom. The van der Waals surface area contributed by atoms with Crippen molar-refractivity contribution in [2.45, 2.75) is 19.9 Å². The highest BCUT2D eigenvalue weighted by Gasteiger charge is 1.98. The minimum Gasteiger partial charge on any atom is -0.494 e. The van der Waals surface area contributed by atoms with E-state index >= 15 is 0 Å². The smallest absolute Gasteiger partial charge is 0.119 e. The summed E-state index contributed by atoms with van der Waals surface area (Å²) in [7, 11) is 0. The van der Waals surface area contributed by atoms with Crippen LogP contribution >= 0.6 is 22.6 Å². The van der Waals surface area contributed by atoms with Crippen molar-refractivity contribution in [1.82, 2.24) is 10.3 Å². The lowest BCUT2D eigenvalue weighted by atomic mass is 10.1. The molecule has 0 spiro atoms. The van der Waals surface area contributed by atoms with Gasteiger partial charge in [0, 0.05) is 27.9 Å². The van der Waals surface area contributed by atoms with Gasteiger partial charge in [-0.2, -0.15) is 0 Å². The van der Waals surface area contributed by atoms with Gasteiger partial charge in [0.25, 0.3) is 0 Å². The molecule has 0 atom stereocenters. The van der Waals surface area contributed by atoms with Gasteiger partial charge in [-0.25, -0.2) is 0 Å². The maximum absolute atomic E-state index is 5.59. The van der Waals surface area contributed by atoms with E-state index in [0.717, 1.165) is 45.8 Å². The molecule has 1 heterocycles. The van der Waals surface area contributed by atoms with Crippen LogP contribution in [0.15, 0.2) is 36.4 Å². The zero-order valence-corrected chi connectivity index (χ0v) is 16.0. The first-order chi connectivity index (χ1) is 11.7. The van der Waals surface area contributed by atoms with E-state index in [2.05, 4.69) is 44.7 Å². The Hall–Kier alpha value is -1.62. The number of aryl methyl sites for hydroxylation is 1. The van der Waals surface area contributed by atoms with Gasteiger partial charge >= 0.3 is 0 Å². The van der Waals surface area contributed by atoms with Crippen molar-refractivity contribution >= 4 is 22.6 Å². The zero-order valence-electron chi connectivity index (χ0n) is 13.8. The summed E-state index contributed by atoms with van der Waals surface area (Å²) in [5.41, 5.74) is 9.39. The molecule has 1 aromatic heterocycles. The van der Waals surface area contributed by atoms with Crippen LogP contribution < -0.4 is 15.8 Å². The third-order valence-corrected chi connectivity index (χ3v) is 3.77. The van der Waals surface area contributed by atoms with Crippen LogP contribution in [0, 0.1) is 18.8 Å². The predicted molar refractivity (Wildman–Crippen MR) is 106 cm³/mol. The van der Waals surface area contributed by atoms with Crippen molar-refractivity contribution < 1.29 is 4.74 Å². The van der Waals surface area contributed by atoms with Gasteiger partial charge in [-0.05, 0) is 56.3 Å². The first kappa shape index (κ1) is 18.7. The summed E-state index contributed by atoms with van der Waals surface area (Å²) in [5, 5.41) is 3.27. The molecule has 0 aliphatic rings. The summed E-state index contributed by atoms with van der Waals surface area (Å²) in [4.78, 5) is 4.51. The molecule has 0 bridgehead atoms. The van der Waals surface area contributed by atoms with E-state index in [4.69, 9.17) is 10.5 Å². The van der Waals surface area contributed by atoms with Gasteiger partial charge in [-0.15, -0.1) is 0 Å². The fraction of sp³-hybridized carbons (Fsp3) is 0.316. The molecule has 5 heteroatoms. The summed E-state index contributed by atoms with van der Waals surface area (Å²) in [6.45, 7) is 4.04. The molecule has 0 saturated heterocycles. The van der Waals surface area contributed by atoms with E-state index in [1.165, 1.54) is 0 Å². The normalized spacial score (nSPS) is 10.1. The number of halogens is 1. The molecule has 24 heavy (non-hydrogen) atoms. The molecule has 126 valence electrons. The van der Waals surface area contributed by atoms with Crippen LogP contribution in [0.1, 0.15) is 28.9 Å². The van der Waals surface area contributed by atoms with Crippen LogP contribution in [0.25, 0.3) is 0 Å². The molecule has 0 saturated carbocycles. The minimum atomic E-state index is 0.643. The number of pyridine rings is 1. The highest BCUT2D eigenvalue weighted by molar-refractivity contribution is 14.1. The molecule has 0 amide bonds. The van der Waals surface area contributed by atoms with Crippen molar-refractivity contribution in [2.75, 3.05) is 17.7 Å². The Morgan fingerprint density at radius 1 is 1.17 bits per heavy atom. The molecule has 0 radical (unpaired) electrons. The number of aromatic nitrogens is 1. The summed E-state index contributed by atoms with van der Waals surface area (Å²) >= 11 is 2.29. The number of benzene rings is 1. The topological polar surface area (TPSA) is 60.2 Å². The molecule has 0 fully saturated rings. The molecule has 0 unspecified atom stereocenters. The highest BCUT2D eigenvalue weighted by Crippen LogP contribution is 2.12. The first-order valence-corrected chi connectivity index (χ1v) is 9.43. The SMILES string of the molecule is Cc1cc(C#Cc2ccc(OCCCN)cc2)cc(CNCI)n1. The van der Waals surface area contributed by atoms with Crippen LogP contribution in [0.5, 0.6) is 5.75 Å². The maximum atomic E-state index is 5.59. The number of ether oxygens (including phenoxy) is 1. The number of rotatable bonds is 7. The van der Waals surface area contributed by atoms with Gasteiger partial charge < -0.3 is 15.8 Å². The lowest BCUT2D eigenvalue weighted by molar-refractivity contribution is 0.313. The van der Waals surface area contributed by atoms with Crippen molar-refractivity contribution in [2.24, 2.45) is 5.73 Å². The van der Waals surface area contributed by atoms with Crippen molar-refractivity contribution in [3.8, 4) is 17.6 Å². The van der Waals surface area contributed by atoms with Gasteiger partial charge in [-0.3, -0.25) is 4.98 Å². The molecule has 0 aliphatic carbocycles. The number of alkyl halides is 1. The number of nitrogens with zero attached hydrogens (tertiary/aromatic N) is 1. The lowest BCUT2D eigenvalue weighted by Gasteiger charge is -2.04. The molecular formula is C19H22IN3O. The van der Waals surface area contributed by atoms with Gasteiger partial charge in [0.1, 0.15) is 5.75 Å². The number of hydrogen-bond acceptors (Lipinski definition) is 4. The molecule has 0 aliphatic heterocycles. The molecule has 4 nitrogen and oxygen atoms in total. The molecule has 3 N–H and O–H groups in total. The van der Waals surface area contributed by atoms with Crippen LogP contribution in [-0.4, -0.2) is 22.7 Å². The number of nitrogens with one attached hydrogen (secondary N) is 1. The Labute approximate surface area is 157 Å². The summed E-state index contributed by atoms with van der Waals surface area (Å²) in [6, 6.07) is 11.9. The second-order valence-electron chi connectivity index (χ2n) is 5.31. The van der Waals surface area contributed by atoms with Crippen LogP contribution in [-0.2, 0) is 6.54 Å². The van der Waals surface area contributed by atoms with Crippen molar-refractivity contribution in [1.29, 1.82) is 0 Å². The minimum absolute atomic E-state index is 0.643. The van der Waals surface area contributed by atoms with Gasteiger partial charge in [0.15, 0.2) is 0 Å². The van der Waals surface area contributed by atoms with E-state index < -0.39 is 0 Å². The second-order valence-corrected chi connectivity index (χ2v) is 6.08. The monoisotopic (exact) mass is 435 g/mol. The van der Waals surface area contributed by atoms with Crippen LogP contribution in [0.3, 0.4) is 0 Å². The maximum Gasteiger partial charge on any atom is 0.119 e. The molecular weight excluding hydrogens is 413 g/mol. The van der Waals surface area contributed by atoms with E-state index in [0.29, 0.717) is 13.2 Å². The average Bonchev–Trinajstić information content (AvgIpc) is 2.59. The summed E-state index contributed by atoms with van der Waals surface area (Å²) in [5.74, 6) is 7.25.